The highest BCUT2D eigenvalue weighted by molar-refractivity contribution is 5.89. The van der Waals surface area contributed by atoms with Gasteiger partial charge in [0.15, 0.2) is 0 Å². The number of hydrogen-bond donors (Lipinski definition) is 0. The Kier molecular flexibility index (Phi) is 6.34. The van der Waals surface area contributed by atoms with Crippen LogP contribution in [0.15, 0.2) is 48.5 Å². The van der Waals surface area contributed by atoms with Crippen LogP contribution in [-0.2, 0) is 0 Å². The quantitative estimate of drug-likeness (QED) is 0.599. The SMILES string of the molecule is CN(C)CCN(C)c1ccc(/C=C(/C#N)c2ccc(C#N)cc2)cc1. The summed E-state index contributed by atoms with van der Waals surface area (Å²) < 4.78 is 0. The van der Waals surface area contributed by atoms with Crippen molar-refractivity contribution < 1.29 is 0 Å². The van der Waals surface area contributed by atoms with Crippen molar-refractivity contribution in [3.8, 4) is 12.1 Å². The van der Waals surface area contributed by atoms with Crippen molar-refractivity contribution in [2.45, 2.75) is 0 Å². The largest absolute Gasteiger partial charge is 0.373 e. The molecule has 0 aliphatic rings. The van der Waals surface area contributed by atoms with E-state index >= 15 is 0 Å². The first-order valence-electron chi connectivity index (χ1n) is 8.12. The van der Waals surface area contributed by atoms with Crippen molar-refractivity contribution in [2.24, 2.45) is 0 Å². The van der Waals surface area contributed by atoms with Crippen molar-refractivity contribution >= 4 is 17.3 Å². The highest BCUT2D eigenvalue weighted by atomic mass is 15.1. The molecule has 4 heteroatoms. The van der Waals surface area contributed by atoms with Gasteiger partial charge in [0, 0.05) is 25.8 Å². The molecule has 0 aromatic heterocycles. The van der Waals surface area contributed by atoms with Crippen LogP contribution in [0.25, 0.3) is 11.6 Å². The summed E-state index contributed by atoms with van der Waals surface area (Å²) >= 11 is 0. The molecule has 0 bridgehead atoms. The van der Waals surface area contributed by atoms with Gasteiger partial charge in [-0.25, -0.2) is 0 Å². The number of hydrogen-bond acceptors (Lipinski definition) is 4. The first-order valence-corrected chi connectivity index (χ1v) is 8.12. The molecule has 0 fully saturated rings. The van der Waals surface area contributed by atoms with Crippen LogP contribution in [0, 0.1) is 22.7 Å². The maximum Gasteiger partial charge on any atom is 0.0998 e. The molecule has 2 rings (SSSR count). The third-order valence-electron chi connectivity index (χ3n) is 3.97. The first-order chi connectivity index (χ1) is 12.0. The van der Waals surface area contributed by atoms with Gasteiger partial charge in [0.25, 0.3) is 0 Å². The van der Waals surface area contributed by atoms with Crippen LogP contribution in [0.2, 0.25) is 0 Å². The predicted molar refractivity (Wildman–Crippen MR) is 103 cm³/mol. The zero-order valence-electron chi connectivity index (χ0n) is 14.9. The summed E-state index contributed by atoms with van der Waals surface area (Å²) in [7, 11) is 6.20. The minimum atomic E-state index is 0.582. The molecule has 0 unspecified atom stereocenters. The average molecular weight is 330 g/mol. The molecule has 2 aromatic carbocycles. The molecule has 0 saturated heterocycles. The van der Waals surface area contributed by atoms with Crippen molar-refractivity contribution in [1.29, 1.82) is 10.5 Å². The average Bonchev–Trinajstić information content (AvgIpc) is 2.64. The van der Waals surface area contributed by atoms with E-state index in [-0.39, 0.29) is 0 Å². The fraction of sp³-hybridized carbons (Fsp3) is 0.238. The van der Waals surface area contributed by atoms with Gasteiger partial charge in [0.2, 0.25) is 0 Å². The number of rotatable bonds is 6. The van der Waals surface area contributed by atoms with Gasteiger partial charge in [-0.15, -0.1) is 0 Å². The molecule has 0 saturated carbocycles. The van der Waals surface area contributed by atoms with Crippen molar-refractivity contribution in [3.63, 3.8) is 0 Å². The van der Waals surface area contributed by atoms with Gasteiger partial charge in [-0.05, 0) is 55.6 Å². The van der Waals surface area contributed by atoms with Gasteiger partial charge in [-0.3, -0.25) is 0 Å². The van der Waals surface area contributed by atoms with E-state index in [0.717, 1.165) is 29.9 Å². The molecule has 25 heavy (non-hydrogen) atoms. The van der Waals surface area contributed by atoms with E-state index in [2.05, 4.69) is 55.2 Å². The topological polar surface area (TPSA) is 54.1 Å². The number of allylic oxidation sites excluding steroid dienone is 1. The lowest BCUT2D eigenvalue weighted by molar-refractivity contribution is 0.416. The summed E-state index contributed by atoms with van der Waals surface area (Å²) in [5.41, 5.74) is 4.11. The zero-order valence-corrected chi connectivity index (χ0v) is 14.9. The van der Waals surface area contributed by atoms with Crippen LogP contribution in [0.5, 0.6) is 0 Å². The van der Waals surface area contributed by atoms with E-state index in [1.807, 2.05) is 18.2 Å². The monoisotopic (exact) mass is 330 g/mol. The van der Waals surface area contributed by atoms with Gasteiger partial charge in [-0.1, -0.05) is 24.3 Å². The van der Waals surface area contributed by atoms with Gasteiger partial charge >= 0.3 is 0 Å². The van der Waals surface area contributed by atoms with E-state index in [9.17, 15) is 5.26 Å². The molecule has 0 amide bonds. The molecule has 0 aliphatic heterocycles. The van der Waals surface area contributed by atoms with E-state index in [4.69, 9.17) is 5.26 Å². The lowest BCUT2D eigenvalue weighted by Gasteiger charge is -2.21. The van der Waals surface area contributed by atoms with E-state index in [0.29, 0.717) is 11.1 Å². The van der Waals surface area contributed by atoms with Crippen LogP contribution in [0.1, 0.15) is 16.7 Å². The molecule has 0 radical (unpaired) electrons. The molecule has 0 heterocycles. The highest BCUT2D eigenvalue weighted by Gasteiger charge is 2.04. The van der Waals surface area contributed by atoms with Crippen LogP contribution in [0.4, 0.5) is 5.69 Å². The fourth-order valence-electron chi connectivity index (χ4n) is 2.38. The van der Waals surface area contributed by atoms with Crippen molar-refractivity contribution in [1.82, 2.24) is 4.90 Å². The first kappa shape index (κ1) is 18.3. The second-order valence-corrected chi connectivity index (χ2v) is 6.18. The number of anilines is 1. The summed E-state index contributed by atoms with van der Waals surface area (Å²) in [5, 5.41) is 18.3. The third kappa shape index (κ3) is 5.21. The van der Waals surface area contributed by atoms with Crippen LogP contribution in [-0.4, -0.2) is 39.1 Å². The molecule has 4 nitrogen and oxygen atoms in total. The Morgan fingerprint density at radius 1 is 0.920 bits per heavy atom. The third-order valence-corrected chi connectivity index (χ3v) is 3.97. The minimum Gasteiger partial charge on any atom is -0.373 e. The predicted octanol–water partition coefficient (Wildman–Crippen LogP) is 3.62. The normalized spacial score (nSPS) is 11.0. The summed E-state index contributed by atoms with van der Waals surface area (Å²) in [4.78, 5) is 4.36. The Bertz CT molecular complexity index is 803. The molecule has 2 aromatic rings. The van der Waals surface area contributed by atoms with E-state index < -0.39 is 0 Å². The smallest absolute Gasteiger partial charge is 0.0998 e. The lowest BCUT2D eigenvalue weighted by Crippen LogP contribution is -2.28. The lowest BCUT2D eigenvalue weighted by atomic mass is 10.0. The second kappa shape index (κ2) is 8.68. The molecule has 0 spiro atoms. The maximum absolute atomic E-state index is 9.44. The van der Waals surface area contributed by atoms with Crippen molar-refractivity contribution in [2.75, 3.05) is 39.1 Å². The second-order valence-electron chi connectivity index (χ2n) is 6.18. The number of benzene rings is 2. The Labute approximate surface area is 149 Å². The van der Waals surface area contributed by atoms with Gasteiger partial charge in [-0.2, -0.15) is 10.5 Å². The Morgan fingerprint density at radius 2 is 1.56 bits per heavy atom. The summed E-state index contributed by atoms with van der Waals surface area (Å²) in [6.07, 6.45) is 1.87. The molecular weight excluding hydrogens is 308 g/mol. The highest BCUT2D eigenvalue weighted by Crippen LogP contribution is 2.20. The van der Waals surface area contributed by atoms with Gasteiger partial charge < -0.3 is 9.80 Å². The summed E-state index contributed by atoms with van der Waals surface area (Å²) in [5.74, 6) is 0. The van der Waals surface area contributed by atoms with Crippen LogP contribution in [0.3, 0.4) is 0 Å². The molecule has 0 N–H and O–H groups in total. The number of likely N-dealkylation sites (N-methyl/N-ethyl adjacent to an activating group) is 2. The van der Waals surface area contributed by atoms with E-state index in [1.165, 1.54) is 0 Å². The Hall–Kier alpha value is -3.08. The van der Waals surface area contributed by atoms with Gasteiger partial charge in [0.05, 0.1) is 23.3 Å². The summed E-state index contributed by atoms with van der Waals surface area (Å²) in [6.45, 7) is 1.95. The van der Waals surface area contributed by atoms with E-state index in [1.54, 1.807) is 24.3 Å². The maximum atomic E-state index is 9.44. The minimum absolute atomic E-state index is 0.582. The molecular formula is C21H22N4. The molecule has 0 aliphatic carbocycles. The number of nitriles is 2. The Morgan fingerprint density at radius 3 is 2.08 bits per heavy atom. The Balaban J connectivity index is 2.16. The fourth-order valence-corrected chi connectivity index (χ4v) is 2.38. The van der Waals surface area contributed by atoms with Crippen LogP contribution < -0.4 is 4.90 Å². The number of nitrogens with zero attached hydrogens (tertiary/aromatic N) is 4. The van der Waals surface area contributed by atoms with Gasteiger partial charge in [0.1, 0.15) is 0 Å². The van der Waals surface area contributed by atoms with Crippen molar-refractivity contribution in [3.05, 3.63) is 65.2 Å². The molecule has 126 valence electrons. The standard InChI is InChI=1S/C21H22N4/c1-24(2)12-13-25(3)21-10-6-17(7-11-21)14-20(16-23)19-8-4-18(15-22)5-9-19/h4-11,14H,12-13H2,1-3H3/b20-14-. The molecule has 0 atom stereocenters. The zero-order chi connectivity index (χ0) is 18.2. The summed E-state index contributed by atoms with van der Waals surface area (Å²) in [6, 6.07) is 19.5. The van der Waals surface area contributed by atoms with Crippen LogP contribution >= 0.6 is 0 Å².